The summed E-state index contributed by atoms with van der Waals surface area (Å²) in [6.07, 6.45) is 1.99. The fourth-order valence-corrected chi connectivity index (χ4v) is 1.45. The minimum absolute atomic E-state index is 0.0452. The van der Waals surface area contributed by atoms with E-state index >= 15 is 0 Å². The third-order valence-corrected chi connectivity index (χ3v) is 2.39. The van der Waals surface area contributed by atoms with Crippen molar-refractivity contribution in [3.05, 3.63) is 0 Å². The molecule has 15 heavy (non-hydrogen) atoms. The van der Waals surface area contributed by atoms with Gasteiger partial charge in [0.2, 0.25) is 0 Å². The number of nitrogens with one attached hydrogen (secondary N) is 2. The molecule has 0 saturated carbocycles. The van der Waals surface area contributed by atoms with Crippen LogP contribution in [-0.2, 0) is 9.53 Å². The fraction of sp³-hybridized carbons (Fsp3) is 0.800. The van der Waals surface area contributed by atoms with Crippen molar-refractivity contribution in [1.82, 2.24) is 10.6 Å². The summed E-state index contributed by atoms with van der Waals surface area (Å²) in [4.78, 5) is 21.8. The summed E-state index contributed by atoms with van der Waals surface area (Å²) < 4.78 is 5.21. The zero-order valence-corrected chi connectivity index (χ0v) is 9.04. The summed E-state index contributed by atoms with van der Waals surface area (Å²) in [7, 11) is 0. The van der Waals surface area contributed by atoms with Gasteiger partial charge in [0.05, 0.1) is 6.54 Å². The monoisotopic (exact) mass is 214 g/mol. The standard InChI is InChI=1S/C10H18N2O3/c1-8(13)6-11-10(14)12-7-9-2-4-15-5-3-9/h9H,2-7H2,1H3,(H2,11,12,14). The van der Waals surface area contributed by atoms with E-state index in [-0.39, 0.29) is 18.4 Å². The Balaban J connectivity index is 2.07. The predicted molar refractivity (Wildman–Crippen MR) is 55.6 cm³/mol. The first-order chi connectivity index (χ1) is 7.18. The van der Waals surface area contributed by atoms with Crippen molar-refractivity contribution in [3.8, 4) is 0 Å². The summed E-state index contributed by atoms with van der Waals surface area (Å²) in [5.41, 5.74) is 0. The van der Waals surface area contributed by atoms with Crippen molar-refractivity contribution in [2.75, 3.05) is 26.3 Å². The van der Waals surface area contributed by atoms with E-state index in [4.69, 9.17) is 4.74 Å². The Morgan fingerprint density at radius 2 is 1.93 bits per heavy atom. The van der Waals surface area contributed by atoms with Crippen LogP contribution in [-0.4, -0.2) is 38.1 Å². The Labute approximate surface area is 89.6 Å². The van der Waals surface area contributed by atoms with Gasteiger partial charge in [-0.3, -0.25) is 4.79 Å². The second kappa shape index (κ2) is 6.40. The van der Waals surface area contributed by atoms with E-state index in [1.165, 1.54) is 6.92 Å². The zero-order chi connectivity index (χ0) is 11.1. The first-order valence-corrected chi connectivity index (χ1v) is 5.27. The highest BCUT2D eigenvalue weighted by Crippen LogP contribution is 2.12. The molecule has 5 nitrogen and oxygen atoms in total. The van der Waals surface area contributed by atoms with Crippen molar-refractivity contribution >= 4 is 11.8 Å². The molecule has 0 aliphatic carbocycles. The molecule has 2 amide bonds. The van der Waals surface area contributed by atoms with Crippen molar-refractivity contribution in [1.29, 1.82) is 0 Å². The minimum atomic E-state index is -0.267. The smallest absolute Gasteiger partial charge is 0.315 e. The Morgan fingerprint density at radius 1 is 1.27 bits per heavy atom. The number of ether oxygens (including phenoxy) is 1. The van der Waals surface area contributed by atoms with Gasteiger partial charge in [-0.05, 0) is 25.7 Å². The molecule has 86 valence electrons. The Bertz CT molecular complexity index is 225. The quantitative estimate of drug-likeness (QED) is 0.707. The highest BCUT2D eigenvalue weighted by atomic mass is 16.5. The van der Waals surface area contributed by atoms with Gasteiger partial charge < -0.3 is 15.4 Å². The largest absolute Gasteiger partial charge is 0.381 e. The first kappa shape index (κ1) is 12.0. The number of carbonyl (C=O) groups excluding carboxylic acids is 2. The van der Waals surface area contributed by atoms with E-state index in [1.807, 2.05) is 0 Å². The molecule has 0 unspecified atom stereocenters. The Kier molecular flexibility index (Phi) is 5.10. The number of amides is 2. The van der Waals surface area contributed by atoms with Crippen LogP contribution in [0, 0.1) is 5.92 Å². The lowest BCUT2D eigenvalue weighted by Crippen LogP contribution is -2.41. The van der Waals surface area contributed by atoms with Gasteiger partial charge in [-0.1, -0.05) is 0 Å². The summed E-state index contributed by atoms with van der Waals surface area (Å²) >= 11 is 0. The summed E-state index contributed by atoms with van der Waals surface area (Å²) in [6, 6.07) is -0.267. The average Bonchev–Trinajstić information content (AvgIpc) is 2.25. The van der Waals surface area contributed by atoms with Crippen LogP contribution >= 0.6 is 0 Å². The van der Waals surface area contributed by atoms with Crippen molar-refractivity contribution in [2.45, 2.75) is 19.8 Å². The van der Waals surface area contributed by atoms with Crippen LogP contribution in [0.25, 0.3) is 0 Å². The number of hydrogen-bond donors (Lipinski definition) is 2. The van der Waals surface area contributed by atoms with Gasteiger partial charge >= 0.3 is 6.03 Å². The van der Waals surface area contributed by atoms with Crippen LogP contribution in [0.3, 0.4) is 0 Å². The normalized spacial score (nSPS) is 17.1. The highest BCUT2D eigenvalue weighted by Gasteiger charge is 2.14. The molecule has 1 rings (SSSR count). The highest BCUT2D eigenvalue weighted by molar-refractivity contribution is 5.83. The van der Waals surface area contributed by atoms with E-state index in [0.29, 0.717) is 12.5 Å². The molecular weight excluding hydrogens is 196 g/mol. The number of Topliss-reactive ketones (excluding diaryl/α,β-unsaturated/α-hetero) is 1. The number of ketones is 1. The van der Waals surface area contributed by atoms with Crippen LogP contribution in [0.2, 0.25) is 0 Å². The lowest BCUT2D eigenvalue weighted by Gasteiger charge is -2.22. The molecule has 0 aromatic carbocycles. The zero-order valence-electron chi connectivity index (χ0n) is 9.04. The Hall–Kier alpha value is -1.10. The van der Waals surface area contributed by atoms with Crippen LogP contribution in [0.5, 0.6) is 0 Å². The van der Waals surface area contributed by atoms with Crippen molar-refractivity contribution in [2.24, 2.45) is 5.92 Å². The molecule has 0 aromatic heterocycles. The fourth-order valence-electron chi connectivity index (χ4n) is 1.45. The van der Waals surface area contributed by atoms with Crippen LogP contribution in [0.4, 0.5) is 4.79 Å². The van der Waals surface area contributed by atoms with Gasteiger partial charge in [0.1, 0.15) is 5.78 Å². The molecule has 1 saturated heterocycles. The molecule has 1 heterocycles. The third-order valence-electron chi connectivity index (χ3n) is 2.39. The molecule has 0 aromatic rings. The second-order valence-corrected chi connectivity index (χ2v) is 3.82. The molecule has 0 radical (unpaired) electrons. The Morgan fingerprint density at radius 3 is 2.53 bits per heavy atom. The van der Waals surface area contributed by atoms with E-state index in [1.54, 1.807) is 0 Å². The third kappa shape index (κ3) is 5.37. The van der Waals surface area contributed by atoms with Gasteiger partial charge in [-0.2, -0.15) is 0 Å². The molecule has 0 spiro atoms. The topological polar surface area (TPSA) is 67.4 Å². The summed E-state index contributed by atoms with van der Waals surface area (Å²) in [6.45, 7) is 3.76. The molecule has 2 N–H and O–H groups in total. The first-order valence-electron chi connectivity index (χ1n) is 5.27. The number of hydrogen-bond acceptors (Lipinski definition) is 3. The minimum Gasteiger partial charge on any atom is -0.381 e. The molecule has 1 fully saturated rings. The SMILES string of the molecule is CC(=O)CNC(=O)NCC1CCOCC1. The van der Waals surface area contributed by atoms with Gasteiger partial charge in [0.25, 0.3) is 0 Å². The van der Waals surface area contributed by atoms with Crippen LogP contribution < -0.4 is 10.6 Å². The maximum atomic E-state index is 11.2. The summed E-state index contributed by atoms with van der Waals surface area (Å²) in [5.74, 6) is 0.457. The average molecular weight is 214 g/mol. The van der Waals surface area contributed by atoms with Crippen molar-refractivity contribution in [3.63, 3.8) is 0 Å². The lowest BCUT2D eigenvalue weighted by atomic mass is 10.0. The van der Waals surface area contributed by atoms with Crippen molar-refractivity contribution < 1.29 is 14.3 Å². The molecule has 1 aliphatic heterocycles. The molecule has 1 aliphatic rings. The van der Waals surface area contributed by atoms with Crippen LogP contribution in [0.1, 0.15) is 19.8 Å². The van der Waals surface area contributed by atoms with Gasteiger partial charge in [-0.15, -0.1) is 0 Å². The number of rotatable bonds is 4. The number of urea groups is 1. The maximum Gasteiger partial charge on any atom is 0.315 e. The van der Waals surface area contributed by atoms with E-state index in [9.17, 15) is 9.59 Å². The van der Waals surface area contributed by atoms with Gasteiger partial charge in [-0.25, -0.2) is 4.79 Å². The van der Waals surface area contributed by atoms with E-state index in [0.717, 1.165) is 26.1 Å². The van der Waals surface area contributed by atoms with Crippen LogP contribution in [0.15, 0.2) is 0 Å². The maximum absolute atomic E-state index is 11.2. The number of carbonyl (C=O) groups is 2. The van der Waals surface area contributed by atoms with E-state index in [2.05, 4.69) is 10.6 Å². The predicted octanol–water partition coefficient (Wildman–Crippen LogP) is 0.301. The van der Waals surface area contributed by atoms with Gasteiger partial charge in [0, 0.05) is 19.8 Å². The van der Waals surface area contributed by atoms with E-state index < -0.39 is 0 Å². The molecular formula is C10H18N2O3. The molecule has 0 bridgehead atoms. The molecule has 0 atom stereocenters. The lowest BCUT2D eigenvalue weighted by molar-refractivity contribution is -0.116. The molecule has 5 heteroatoms. The summed E-state index contributed by atoms with van der Waals surface area (Å²) in [5, 5.41) is 5.24. The second-order valence-electron chi connectivity index (χ2n) is 3.82. The van der Waals surface area contributed by atoms with Gasteiger partial charge in [0.15, 0.2) is 0 Å².